The molecule has 4 rings (SSSR count). The summed E-state index contributed by atoms with van der Waals surface area (Å²) in [5.74, 6) is -1.74. The second-order valence-corrected chi connectivity index (χ2v) is 7.17. The summed E-state index contributed by atoms with van der Waals surface area (Å²) < 4.78 is 49.0. The van der Waals surface area contributed by atoms with Crippen LogP contribution in [0.5, 0.6) is 0 Å². The highest BCUT2D eigenvalue weighted by Gasteiger charge is 2.49. The Hall–Kier alpha value is -3.07. The molecular weight excluding hydrogens is 403 g/mol. The van der Waals surface area contributed by atoms with Crippen molar-refractivity contribution in [2.24, 2.45) is 0 Å². The number of nitrogens with zero attached hydrogens (tertiary/aromatic N) is 1. The van der Waals surface area contributed by atoms with Gasteiger partial charge in [0.2, 0.25) is 0 Å². The van der Waals surface area contributed by atoms with Gasteiger partial charge in [0.05, 0.1) is 13.2 Å². The van der Waals surface area contributed by atoms with Gasteiger partial charge in [-0.15, -0.1) is 0 Å². The number of morpholine rings is 1. The summed E-state index contributed by atoms with van der Waals surface area (Å²) in [7, 11) is 0. The fourth-order valence-electron chi connectivity index (χ4n) is 3.94. The zero-order valence-corrected chi connectivity index (χ0v) is 15.6. The molecule has 2 atom stereocenters. The van der Waals surface area contributed by atoms with E-state index in [1.165, 1.54) is 0 Å². The van der Waals surface area contributed by atoms with Crippen molar-refractivity contribution in [1.82, 2.24) is 4.90 Å². The lowest BCUT2D eigenvalue weighted by atomic mass is 9.98. The smallest absolute Gasteiger partial charge is 0.416 e. The highest BCUT2D eigenvalue weighted by Crippen LogP contribution is 2.44. The third kappa shape index (κ3) is 3.60. The Kier molecular flexibility index (Phi) is 5.15. The molecule has 9 heteroatoms. The summed E-state index contributed by atoms with van der Waals surface area (Å²) in [5.41, 5.74) is 3.88. The predicted molar refractivity (Wildman–Crippen MR) is 99.0 cm³/mol. The Bertz CT molecular complexity index is 932. The van der Waals surface area contributed by atoms with Crippen molar-refractivity contribution in [2.45, 2.75) is 24.2 Å². The Morgan fingerprint density at radius 1 is 1.07 bits per heavy atom. The van der Waals surface area contributed by atoms with Gasteiger partial charge in [0, 0.05) is 5.92 Å². The summed E-state index contributed by atoms with van der Waals surface area (Å²) in [6.45, 7) is -1.81. The zero-order valence-electron chi connectivity index (χ0n) is 15.6. The number of fused-ring (bicyclic) bond motifs is 3. The van der Waals surface area contributed by atoms with Crippen LogP contribution in [-0.4, -0.2) is 60.1 Å². The zero-order chi connectivity index (χ0) is 21.5. The Balaban J connectivity index is 1.53. The lowest BCUT2D eigenvalue weighted by Gasteiger charge is -2.37. The molecule has 0 bridgehead atoms. The number of amides is 1. The van der Waals surface area contributed by atoms with Crippen LogP contribution in [-0.2, 0) is 14.3 Å². The summed E-state index contributed by atoms with van der Waals surface area (Å²) >= 11 is 0. The molecule has 0 aromatic heterocycles. The summed E-state index contributed by atoms with van der Waals surface area (Å²) in [6, 6.07) is 13.7. The molecule has 2 aliphatic rings. The van der Waals surface area contributed by atoms with Crippen LogP contribution in [0.15, 0.2) is 48.5 Å². The normalized spacial score (nSPS) is 21.1. The van der Waals surface area contributed by atoms with Crippen LogP contribution in [0.3, 0.4) is 0 Å². The van der Waals surface area contributed by atoms with Gasteiger partial charge in [-0.3, -0.25) is 4.90 Å². The second kappa shape index (κ2) is 7.64. The van der Waals surface area contributed by atoms with E-state index in [2.05, 4.69) is 4.74 Å². The highest BCUT2D eigenvalue weighted by molar-refractivity contribution is 5.81. The molecule has 0 saturated carbocycles. The number of ether oxygens (including phenoxy) is 2. The average Bonchev–Trinajstić information content (AvgIpc) is 3.04. The topological polar surface area (TPSA) is 76.1 Å². The van der Waals surface area contributed by atoms with E-state index in [1.54, 1.807) is 0 Å². The first-order valence-electron chi connectivity index (χ1n) is 9.30. The molecule has 0 spiro atoms. The van der Waals surface area contributed by atoms with E-state index in [0.29, 0.717) is 4.90 Å². The first kappa shape index (κ1) is 20.2. The third-order valence-electron chi connectivity index (χ3n) is 5.41. The van der Waals surface area contributed by atoms with E-state index < -0.39 is 43.5 Å². The summed E-state index contributed by atoms with van der Waals surface area (Å²) in [4.78, 5) is 24.6. The SMILES string of the molecule is O=C(O)[C@H]1CO[C@H](C(F)(F)F)CN1C(=O)OCC1c2ccccc2-c2ccccc21. The van der Waals surface area contributed by atoms with Gasteiger partial charge in [-0.2, -0.15) is 13.2 Å². The van der Waals surface area contributed by atoms with Gasteiger partial charge in [-0.05, 0) is 22.3 Å². The van der Waals surface area contributed by atoms with E-state index in [4.69, 9.17) is 4.74 Å². The van der Waals surface area contributed by atoms with E-state index in [9.17, 15) is 27.9 Å². The molecule has 1 heterocycles. The predicted octanol–water partition coefficient (Wildman–Crippen LogP) is 3.65. The summed E-state index contributed by atoms with van der Waals surface area (Å²) in [6.07, 6.45) is -8.08. The molecule has 1 amide bonds. The lowest BCUT2D eigenvalue weighted by Crippen LogP contribution is -2.58. The van der Waals surface area contributed by atoms with Crippen molar-refractivity contribution in [2.75, 3.05) is 19.8 Å². The minimum atomic E-state index is -4.72. The molecule has 158 valence electrons. The number of carboxylic acid groups (broad SMARTS) is 1. The van der Waals surface area contributed by atoms with Gasteiger partial charge in [-0.1, -0.05) is 48.5 Å². The average molecular weight is 421 g/mol. The maximum atomic E-state index is 13.0. The third-order valence-corrected chi connectivity index (χ3v) is 5.41. The van der Waals surface area contributed by atoms with Gasteiger partial charge in [0.1, 0.15) is 6.61 Å². The number of hydrogen-bond acceptors (Lipinski definition) is 4. The number of hydrogen-bond donors (Lipinski definition) is 1. The van der Waals surface area contributed by atoms with Crippen LogP contribution in [0.1, 0.15) is 17.0 Å². The molecule has 1 N–H and O–H groups in total. The number of benzene rings is 2. The van der Waals surface area contributed by atoms with E-state index in [0.717, 1.165) is 22.3 Å². The standard InChI is InChI=1S/C21H18F3NO5/c22-21(23,24)18-9-25(17(11-29-18)19(26)27)20(28)30-10-16-14-7-3-1-5-12(14)13-6-2-4-8-15(13)16/h1-8,16-18H,9-11H2,(H,26,27)/t17-,18+/m1/s1. The summed E-state index contributed by atoms with van der Waals surface area (Å²) in [5, 5.41) is 9.28. The van der Waals surface area contributed by atoms with Gasteiger partial charge in [0.25, 0.3) is 0 Å². The number of carbonyl (C=O) groups excluding carboxylic acids is 1. The van der Waals surface area contributed by atoms with Crippen molar-refractivity contribution in [3.8, 4) is 11.1 Å². The molecule has 1 aliphatic heterocycles. The van der Waals surface area contributed by atoms with Crippen LogP contribution in [0.2, 0.25) is 0 Å². The number of halogens is 3. The number of carbonyl (C=O) groups is 2. The van der Waals surface area contributed by atoms with E-state index in [-0.39, 0.29) is 12.5 Å². The van der Waals surface area contributed by atoms with Crippen molar-refractivity contribution < 1.29 is 37.3 Å². The van der Waals surface area contributed by atoms with Crippen LogP contribution < -0.4 is 0 Å². The van der Waals surface area contributed by atoms with Gasteiger partial charge < -0.3 is 14.6 Å². The molecule has 1 saturated heterocycles. The lowest BCUT2D eigenvalue weighted by molar-refractivity contribution is -0.242. The van der Waals surface area contributed by atoms with Crippen molar-refractivity contribution in [1.29, 1.82) is 0 Å². The molecule has 0 radical (unpaired) electrons. The maximum absolute atomic E-state index is 13.0. The van der Waals surface area contributed by atoms with E-state index in [1.807, 2.05) is 48.5 Å². The van der Waals surface area contributed by atoms with Gasteiger partial charge >= 0.3 is 18.2 Å². The highest BCUT2D eigenvalue weighted by atomic mass is 19.4. The van der Waals surface area contributed by atoms with Crippen LogP contribution in [0.4, 0.5) is 18.0 Å². The van der Waals surface area contributed by atoms with Crippen molar-refractivity contribution in [3.63, 3.8) is 0 Å². The number of aliphatic carboxylic acids is 1. The molecule has 0 unspecified atom stereocenters. The number of alkyl halides is 3. The monoisotopic (exact) mass is 421 g/mol. The van der Waals surface area contributed by atoms with Gasteiger partial charge in [0.15, 0.2) is 12.1 Å². The minimum Gasteiger partial charge on any atom is -0.480 e. The molecule has 1 fully saturated rings. The largest absolute Gasteiger partial charge is 0.480 e. The molecule has 2 aromatic carbocycles. The van der Waals surface area contributed by atoms with E-state index >= 15 is 0 Å². The first-order chi connectivity index (χ1) is 14.3. The molecule has 1 aliphatic carbocycles. The molecule has 6 nitrogen and oxygen atoms in total. The minimum absolute atomic E-state index is 0.118. The van der Waals surface area contributed by atoms with Crippen LogP contribution >= 0.6 is 0 Å². The quantitative estimate of drug-likeness (QED) is 0.819. The van der Waals surface area contributed by atoms with Crippen LogP contribution in [0.25, 0.3) is 11.1 Å². The van der Waals surface area contributed by atoms with Crippen molar-refractivity contribution >= 4 is 12.1 Å². The first-order valence-corrected chi connectivity index (χ1v) is 9.30. The molecule has 2 aromatic rings. The molecule has 30 heavy (non-hydrogen) atoms. The fourth-order valence-corrected chi connectivity index (χ4v) is 3.94. The fraction of sp³-hybridized carbons (Fsp3) is 0.333. The number of rotatable bonds is 3. The Morgan fingerprint density at radius 2 is 1.63 bits per heavy atom. The van der Waals surface area contributed by atoms with Crippen molar-refractivity contribution in [3.05, 3.63) is 59.7 Å². The van der Waals surface area contributed by atoms with Crippen LogP contribution in [0, 0.1) is 0 Å². The Morgan fingerprint density at radius 3 is 2.17 bits per heavy atom. The molecular formula is C21H18F3NO5. The second-order valence-electron chi connectivity index (χ2n) is 7.17. The maximum Gasteiger partial charge on any atom is 0.416 e. The van der Waals surface area contributed by atoms with Gasteiger partial charge in [-0.25, -0.2) is 9.59 Å². The Labute approximate surface area is 169 Å². The number of carboxylic acids is 1.